The van der Waals surface area contributed by atoms with Gasteiger partial charge in [0.1, 0.15) is 5.82 Å². The third kappa shape index (κ3) is 2.92. The van der Waals surface area contributed by atoms with E-state index >= 15 is 0 Å². The molecule has 14 heavy (non-hydrogen) atoms. The van der Waals surface area contributed by atoms with Crippen molar-refractivity contribution in [3.8, 4) is 0 Å². The lowest BCUT2D eigenvalue weighted by atomic mass is 10.2. The molecule has 0 saturated carbocycles. The van der Waals surface area contributed by atoms with Gasteiger partial charge in [-0.15, -0.1) is 0 Å². The second-order valence-corrected chi connectivity index (χ2v) is 4.23. The van der Waals surface area contributed by atoms with E-state index in [1.54, 1.807) is 6.07 Å². The average molecular weight is 324 g/mol. The largest absolute Gasteiger partial charge is 0.478 e. The minimum absolute atomic E-state index is 0.216. The number of carboxylic acids is 1. The number of hydrogen-bond donors (Lipinski definition) is 1. The van der Waals surface area contributed by atoms with Gasteiger partial charge in [0, 0.05) is 16.1 Å². The average Bonchev–Trinajstić information content (AvgIpc) is 2.08. The Balaban J connectivity index is 3.14. The van der Waals surface area contributed by atoms with Gasteiger partial charge in [0.2, 0.25) is 0 Å². The molecule has 0 bridgehead atoms. The van der Waals surface area contributed by atoms with E-state index in [1.807, 2.05) is 0 Å². The molecular weight excluding hydrogens is 319 g/mol. The van der Waals surface area contributed by atoms with E-state index in [-0.39, 0.29) is 10.0 Å². The maximum atomic E-state index is 13.3. The zero-order valence-electron chi connectivity index (χ0n) is 6.80. The lowest BCUT2D eigenvalue weighted by Gasteiger charge is -2.00. The number of aliphatic carboxylic acids is 1. The first-order valence-electron chi connectivity index (χ1n) is 3.56. The molecule has 1 aromatic carbocycles. The highest BCUT2D eigenvalue weighted by Gasteiger charge is 2.05. The van der Waals surface area contributed by atoms with Gasteiger partial charge in [-0.05, 0) is 34.1 Å². The first-order chi connectivity index (χ1) is 6.50. The van der Waals surface area contributed by atoms with Crippen LogP contribution in [-0.4, -0.2) is 11.1 Å². The standard InChI is InChI=1S/C9H5Br2FO2/c10-6-3-5(1-2-8(13)14)9(12)7(11)4-6/h1-4H,(H,13,14)/b2-1+. The van der Waals surface area contributed by atoms with Gasteiger partial charge >= 0.3 is 5.97 Å². The van der Waals surface area contributed by atoms with Gasteiger partial charge in [0.25, 0.3) is 0 Å². The summed E-state index contributed by atoms with van der Waals surface area (Å²) in [7, 11) is 0. The van der Waals surface area contributed by atoms with Crippen molar-refractivity contribution in [2.45, 2.75) is 0 Å². The van der Waals surface area contributed by atoms with Crippen LogP contribution < -0.4 is 0 Å². The summed E-state index contributed by atoms with van der Waals surface area (Å²) in [6, 6.07) is 3.05. The van der Waals surface area contributed by atoms with E-state index < -0.39 is 11.8 Å². The van der Waals surface area contributed by atoms with Crippen molar-refractivity contribution in [3.63, 3.8) is 0 Å². The Hall–Kier alpha value is -0.680. The van der Waals surface area contributed by atoms with Crippen molar-refractivity contribution in [2.24, 2.45) is 0 Å². The van der Waals surface area contributed by atoms with Crippen LogP contribution in [-0.2, 0) is 4.79 Å². The molecule has 74 valence electrons. The molecule has 0 aliphatic rings. The van der Waals surface area contributed by atoms with Crippen molar-refractivity contribution >= 4 is 43.9 Å². The number of carboxylic acid groups (broad SMARTS) is 1. The molecule has 0 aliphatic heterocycles. The smallest absolute Gasteiger partial charge is 0.328 e. The van der Waals surface area contributed by atoms with E-state index in [9.17, 15) is 9.18 Å². The number of hydrogen-bond acceptors (Lipinski definition) is 1. The second-order valence-electron chi connectivity index (χ2n) is 2.46. The summed E-state index contributed by atoms with van der Waals surface area (Å²) in [6.07, 6.45) is 2.09. The van der Waals surface area contributed by atoms with Crippen LogP contribution in [0.15, 0.2) is 27.2 Å². The van der Waals surface area contributed by atoms with E-state index in [4.69, 9.17) is 5.11 Å². The summed E-state index contributed by atoms with van der Waals surface area (Å²) >= 11 is 6.19. The van der Waals surface area contributed by atoms with Crippen LogP contribution in [0.5, 0.6) is 0 Å². The van der Waals surface area contributed by atoms with Crippen LogP contribution in [0.25, 0.3) is 6.08 Å². The van der Waals surface area contributed by atoms with Crippen LogP contribution in [0.4, 0.5) is 4.39 Å². The van der Waals surface area contributed by atoms with Gasteiger partial charge < -0.3 is 5.11 Å². The molecule has 2 nitrogen and oxygen atoms in total. The van der Waals surface area contributed by atoms with Gasteiger partial charge in [0.05, 0.1) is 4.47 Å². The second kappa shape index (κ2) is 4.70. The molecule has 0 aromatic heterocycles. The Morgan fingerprint density at radius 1 is 1.43 bits per heavy atom. The SMILES string of the molecule is O=C(O)/C=C/c1cc(Br)cc(Br)c1F. The highest BCUT2D eigenvalue weighted by molar-refractivity contribution is 9.11. The van der Waals surface area contributed by atoms with E-state index in [0.717, 1.165) is 6.08 Å². The van der Waals surface area contributed by atoms with Crippen molar-refractivity contribution in [1.82, 2.24) is 0 Å². The molecule has 1 aromatic rings. The summed E-state index contributed by atoms with van der Waals surface area (Å²) in [5, 5.41) is 8.37. The molecule has 1 rings (SSSR count). The van der Waals surface area contributed by atoms with Crippen molar-refractivity contribution in [1.29, 1.82) is 0 Å². The molecule has 0 fully saturated rings. The monoisotopic (exact) mass is 322 g/mol. The Labute approximate surface area is 96.7 Å². The molecule has 0 radical (unpaired) electrons. The normalized spacial score (nSPS) is 10.8. The molecule has 1 N–H and O–H groups in total. The van der Waals surface area contributed by atoms with Gasteiger partial charge in [-0.25, -0.2) is 9.18 Å². The van der Waals surface area contributed by atoms with Crippen molar-refractivity contribution < 1.29 is 14.3 Å². The predicted molar refractivity (Wildman–Crippen MR) is 58.5 cm³/mol. The lowest BCUT2D eigenvalue weighted by molar-refractivity contribution is -0.131. The highest BCUT2D eigenvalue weighted by atomic mass is 79.9. The molecule has 5 heteroatoms. The van der Waals surface area contributed by atoms with Crippen molar-refractivity contribution in [2.75, 3.05) is 0 Å². The first kappa shape index (κ1) is 11.4. The molecule has 0 aliphatic carbocycles. The highest BCUT2D eigenvalue weighted by Crippen LogP contribution is 2.25. The number of benzene rings is 1. The molecular formula is C9H5Br2FO2. The number of carbonyl (C=O) groups is 1. The van der Waals surface area contributed by atoms with E-state index in [0.29, 0.717) is 4.47 Å². The zero-order valence-corrected chi connectivity index (χ0v) is 9.97. The lowest BCUT2D eigenvalue weighted by Crippen LogP contribution is -1.88. The Morgan fingerprint density at radius 2 is 2.07 bits per heavy atom. The summed E-state index contributed by atoms with van der Waals surface area (Å²) < 4.78 is 14.3. The first-order valence-corrected chi connectivity index (χ1v) is 5.15. The zero-order chi connectivity index (χ0) is 10.7. The fraction of sp³-hybridized carbons (Fsp3) is 0. The van der Waals surface area contributed by atoms with Gasteiger partial charge in [-0.2, -0.15) is 0 Å². The Morgan fingerprint density at radius 3 is 2.64 bits per heavy atom. The molecule has 0 saturated heterocycles. The quantitative estimate of drug-likeness (QED) is 0.668. The molecule has 0 spiro atoms. The summed E-state index contributed by atoms with van der Waals surface area (Å²) in [5.41, 5.74) is 0.216. The minimum Gasteiger partial charge on any atom is -0.478 e. The fourth-order valence-electron chi connectivity index (χ4n) is 0.858. The van der Waals surface area contributed by atoms with Crippen LogP contribution in [0, 0.1) is 5.82 Å². The molecule has 0 amide bonds. The predicted octanol–water partition coefficient (Wildman–Crippen LogP) is 3.45. The maximum absolute atomic E-state index is 13.3. The maximum Gasteiger partial charge on any atom is 0.328 e. The third-order valence-corrected chi connectivity index (χ3v) is 2.46. The molecule has 0 heterocycles. The molecule has 0 atom stereocenters. The van der Waals surface area contributed by atoms with Gasteiger partial charge in [-0.1, -0.05) is 15.9 Å². The van der Waals surface area contributed by atoms with Crippen LogP contribution in [0.2, 0.25) is 0 Å². The molecule has 0 unspecified atom stereocenters. The third-order valence-electron chi connectivity index (χ3n) is 1.43. The van der Waals surface area contributed by atoms with Gasteiger partial charge in [0.15, 0.2) is 0 Å². The van der Waals surface area contributed by atoms with Gasteiger partial charge in [-0.3, -0.25) is 0 Å². The van der Waals surface area contributed by atoms with Crippen LogP contribution in [0.1, 0.15) is 5.56 Å². The van der Waals surface area contributed by atoms with E-state index in [1.165, 1.54) is 12.1 Å². The van der Waals surface area contributed by atoms with Crippen LogP contribution >= 0.6 is 31.9 Å². The number of halogens is 3. The topological polar surface area (TPSA) is 37.3 Å². The summed E-state index contributed by atoms with van der Waals surface area (Å²) in [6.45, 7) is 0. The fourth-order valence-corrected chi connectivity index (χ4v) is 2.12. The van der Waals surface area contributed by atoms with Crippen LogP contribution in [0.3, 0.4) is 0 Å². The van der Waals surface area contributed by atoms with Crippen molar-refractivity contribution in [3.05, 3.63) is 38.5 Å². The minimum atomic E-state index is -1.11. The number of rotatable bonds is 2. The van der Waals surface area contributed by atoms with E-state index in [2.05, 4.69) is 31.9 Å². The summed E-state index contributed by atoms with van der Waals surface area (Å²) in [4.78, 5) is 10.2. The summed E-state index contributed by atoms with van der Waals surface area (Å²) in [5.74, 6) is -1.59. The Kier molecular flexibility index (Phi) is 3.83. The Bertz CT molecular complexity index is 402.